The van der Waals surface area contributed by atoms with E-state index in [0.717, 1.165) is 6.54 Å². The largest absolute Gasteiger partial charge is 0.465 e. The van der Waals surface area contributed by atoms with E-state index in [4.69, 9.17) is 11.6 Å². The van der Waals surface area contributed by atoms with Crippen molar-refractivity contribution >= 4 is 34.0 Å². The van der Waals surface area contributed by atoms with Gasteiger partial charge >= 0.3 is 5.97 Å². The molecule has 84 valence electrons. The molecule has 6 heteroatoms. The number of anilines is 1. The van der Waals surface area contributed by atoms with Gasteiger partial charge in [0.15, 0.2) is 15.2 Å². The van der Waals surface area contributed by atoms with Crippen LogP contribution in [0.15, 0.2) is 0 Å². The second kappa shape index (κ2) is 5.32. The number of methoxy groups -OCH3 is 1. The van der Waals surface area contributed by atoms with Crippen molar-refractivity contribution in [3.8, 4) is 0 Å². The average molecular weight is 249 g/mol. The molecule has 0 amide bonds. The molecule has 1 N–H and O–H groups in total. The van der Waals surface area contributed by atoms with Gasteiger partial charge in [-0.2, -0.15) is 0 Å². The predicted molar refractivity (Wildman–Crippen MR) is 61.8 cm³/mol. The molecule has 1 aromatic rings. The van der Waals surface area contributed by atoms with Crippen LogP contribution in [0.4, 0.5) is 5.13 Å². The van der Waals surface area contributed by atoms with Gasteiger partial charge in [-0.25, -0.2) is 9.78 Å². The summed E-state index contributed by atoms with van der Waals surface area (Å²) in [6.45, 7) is 4.97. The maximum atomic E-state index is 11.2. The summed E-state index contributed by atoms with van der Waals surface area (Å²) in [5.74, 6) is 0.0596. The van der Waals surface area contributed by atoms with Gasteiger partial charge in [0.25, 0.3) is 0 Å². The molecule has 0 unspecified atom stereocenters. The van der Waals surface area contributed by atoms with Crippen molar-refractivity contribution in [2.24, 2.45) is 5.92 Å². The number of nitrogens with one attached hydrogen (secondary N) is 1. The van der Waals surface area contributed by atoms with Crippen molar-refractivity contribution in [1.82, 2.24) is 4.98 Å². The van der Waals surface area contributed by atoms with Crippen molar-refractivity contribution in [2.45, 2.75) is 13.8 Å². The van der Waals surface area contributed by atoms with Gasteiger partial charge in [0.05, 0.1) is 7.11 Å². The van der Waals surface area contributed by atoms with E-state index in [1.165, 1.54) is 18.4 Å². The molecule has 0 saturated carbocycles. The number of thiazole rings is 1. The first-order valence-electron chi connectivity index (χ1n) is 4.53. The first-order chi connectivity index (χ1) is 7.04. The summed E-state index contributed by atoms with van der Waals surface area (Å²) in [6, 6.07) is 0. The van der Waals surface area contributed by atoms with E-state index < -0.39 is 5.97 Å². The molecule has 4 nitrogen and oxygen atoms in total. The van der Waals surface area contributed by atoms with Crippen LogP contribution >= 0.6 is 22.9 Å². The van der Waals surface area contributed by atoms with Gasteiger partial charge in [-0.05, 0) is 5.92 Å². The van der Waals surface area contributed by atoms with Crippen molar-refractivity contribution in [2.75, 3.05) is 19.0 Å². The molecule has 0 atom stereocenters. The van der Waals surface area contributed by atoms with Crippen LogP contribution in [0.2, 0.25) is 5.15 Å². The van der Waals surface area contributed by atoms with Gasteiger partial charge in [0.1, 0.15) is 0 Å². The minimum atomic E-state index is -0.449. The topological polar surface area (TPSA) is 51.2 Å². The standard InChI is InChI=1S/C9H13ClN2O2S/c1-5(2)4-11-9-12-7(10)6(15-9)8(13)14-3/h5H,4H2,1-3H3,(H,11,12). The molecule has 15 heavy (non-hydrogen) atoms. The first kappa shape index (κ1) is 12.3. The van der Waals surface area contributed by atoms with Crippen LogP contribution in [-0.4, -0.2) is 24.6 Å². The van der Waals surface area contributed by atoms with Crippen LogP contribution in [0.5, 0.6) is 0 Å². The molecule has 1 aromatic heterocycles. The van der Waals surface area contributed by atoms with Gasteiger partial charge in [0, 0.05) is 6.54 Å². The summed E-state index contributed by atoms with van der Waals surface area (Å²) < 4.78 is 4.58. The Balaban J connectivity index is 2.72. The molecule has 0 aliphatic carbocycles. The minimum Gasteiger partial charge on any atom is -0.465 e. The van der Waals surface area contributed by atoms with E-state index in [1.54, 1.807) is 0 Å². The SMILES string of the molecule is COC(=O)c1sc(NCC(C)C)nc1Cl. The maximum Gasteiger partial charge on any atom is 0.351 e. The third-order valence-electron chi connectivity index (χ3n) is 1.62. The summed E-state index contributed by atoms with van der Waals surface area (Å²) in [5, 5.41) is 3.94. The van der Waals surface area contributed by atoms with E-state index in [-0.39, 0.29) is 5.15 Å². The summed E-state index contributed by atoms with van der Waals surface area (Å²) >= 11 is 7.00. The molecule has 0 fully saturated rings. The molecule has 0 aromatic carbocycles. The van der Waals surface area contributed by atoms with E-state index in [0.29, 0.717) is 15.9 Å². The summed E-state index contributed by atoms with van der Waals surface area (Å²) in [4.78, 5) is 15.6. The highest BCUT2D eigenvalue weighted by Crippen LogP contribution is 2.27. The summed E-state index contributed by atoms with van der Waals surface area (Å²) in [5.41, 5.74) is 0. The highest BCUT2D eigenvalue weighted by Gasteiger charge is 2.16. The number of aromatic nitrogens is 1. The first-order valence-corrected chi connectivity index (χ1v) is 5.72. The van der Waals surface area contributed by atoms with Crippen LogP contribution < -0.4 is 5.32 Å². The van der Waals surface area contributed by atoms with Gasteiger partial charge in [-0.15, -0.1) is 0 Å². The number of nitrogens with zero attached hydrogens (tertiary/aromatic N) is 1. The van der Waals surface area contributed by atoms with Crippen molar-refractivity contribution < 1.29 is 9.53 Å². The van der Waals surface area contributed by atoms with Crippen LogP contribution in [0.25, 0.3) is 0 Å². The Bertz CT molecular complexity index is 352. The fraction of sp³-hybridized carbons (Fsp3) is 0.556. The third-order valence-corrected chi connectivity index (χ3v) is 3.00. The molecule has 0 saturated heterocycles. The summed E-state index contributed by atoms with van der Waals surface area (Å²) in [7, 11) is 1.32. The lowest BCUT2D eigenvalue weighted by Crippen LogP contribution is -2.07. The second-order valence-electron chi connectivity index (χ2n) is 3.41. The number of hydrogen-bond acceptors (Lipinski definition) is 5. The molecule has 0 spiro atoms. The lowest BCUT2D eigenvalue weighted by Gasteiger charge is -2.04. The lowest BCUT2D eigenvalue weighted by atomic mass is 10.2. The second-order valence-corrected chi connectivity index (χ2v) is 4.76. The Labute approximate surface area is 97.6 Å². The number of ether oxygens (including phenoxy) is 1. The normalized spacial score (nSPS) is 10.5. The average Bonchev–Trinajstić information content (AvgIpc) is 2.55. The number of carbonyl (C=O) groups excluding carboxylic acids is 1. The smallest absolute Gasteiger partial charge is 0.351 e. The number of hydrogen-bond donors (Lipinski definition) is 1. The highest BCUT2D eigenvalue weighted by molar-refractivity contribution is 7.18. The van der Waals surface area contributed by atoms with Crippen LogP contribution in [0.3, 0.4) is 0 Å². The Morgan fingerprint density at radius 3 is 2.87 bits per heavy atom. The van der Waals surface area contributed by atoms with Crippen LogP contribution in [-0.2, 0) is 4.74 Å². The predicted octanol–water partition coefficient (Wildman–Crippen LogP) is 2.65. The molecule has 0 bridgehead atoms. The van der Waals surface area contributed by atoms with E-state index in [2.05, 4.69) is 28.9 Å². The third kappa shape index (κ3) is 3.35. The van der Waals surface area contributed by atoms with Gasteiger partial charge in [-0.1, -0.05) is 36.8 Å². The minimum absolute atomic E-state index is 0.193. The van der Waals surface area contributed by atoms with E-state index in [1.807, 2.05) is 0 Å². The van der Waals surface area contributed by atoms with Gasteiger partial charge in [-0.3, -0.25) is 0 Å². The Kier molecular flexibility index (Phi) is 4.35. The van der Waals surface area contributed by atoms with E-state index >= 15 is 0 Å². The molecule has 1 rings (SSSR count). The van der Waals surface area contributed by atoms with Crippen molar-refractivity contribution in [3.63, 3.8) is 0 Å². The monoisotopic (exact) mass is 248 g/mol. The van der Waals surface area contributed by atoms with Gasteiger partial charge in [0.2, 0.25) is 0 Å². The Morgan fingerprint density at radius 1 is 1.67 bits per heavy atom. The maximum absolute atomic E-state index is 11.2. The zero-order valence-corrected chi connectivity index (χ0v) is 10.4. The van der Waals surface area contributed by atoms with Crippen LogP contribution in [0.1, 0.15) is 23.5 Å². The lowest BCUT2D eigenvalue weighted by molar-refractivity contribution is 0.0606. The van der Waals surface area contributed by atoms with Crippen molar-refractivity contribution in [1.29, 1.82) is 0 Å². The molecular formula is C9H13ClN2O2S. The zero-order valence-electron chi connectivity index (χ0n) is 8.83. The molecule has 0 radical (unpaired) electrons. The van der Waals surface area contributed by atoms with E-state index in [9.17, 15) is 4.79 Å². The number of rotatable bonds is 4. The Morgan fingerprint density at radius 2 is 2.33 bits per heavy atom. The summed E-state index contributed by atoms with van der Waals surface area (Å²) in [6.07, 6.45) is 0. The van der Waals surface area contributed by atoms with Crippen molar-refractivity contribution in [3.05, 3.63) is 10.0 Å². The fourth-order valence-corrected chi connectivity index (χ4v) is 2.00. The highest BCUT2D eigenvalue weighted by atomic mass is 35.5. The van der Waals surface area contributed by atoms with Crippen LogP contribution in [0, 0.1) is 5.92 Å². The van der Waals surface area contributed by atoms with Gasteiger partial charge < -0.3 is 10.1 Å². The Hall–Kier alpha value is -0.810. The molecule has 0 aliphatic heterocycles. The zero-order chi connectivity index (χ0) is 11.4. The fourth-order valence-electron chi connectivity index (χ4n) is 0.887. The number of carbonyl (C=O) groups is 1. The molecule has 0 aliphatic rings. The number of halogens is 1. The molecule has 1 heterocycles. The molecular weight excluding hydrogens is 236 g/mol. The number of esters is 1. The quantitative estimate of drug-likeness (QED) is 0.833.